The van der Waals surface area contributed by atoms with E-state index < -0.39 is 30.0 Å². The lowest BCUT2D eigenvalue weighted by Gasteiger charge is -2.44. The van der Waals surface area contributed by atoms with Crippen molar-refractivity contribution in [3.05, 3.63) is 71.3 Å². The standard InChI is InChI=1S/C25H28F2N2O5/c26-17-7-5-16(6-8-17)12-28-24(31)11-19-9-10-22-23(34-19)15-33-14-18(30)13-29(22)25(32)20-3-1-2-4-21(20)27/h1-8,18-19,22-23,30H,9-15H2,(H,28,31)/t18-,19+,22+,23-/m1/s1. The first-order valence-corrected chi connectivity index (χ1v) is 11.4. The molecule has 0 aliphatic carbocycles. The molecule has 2 aromatic rings. The molecule has 2 N–H and O–H groups in total. The van der Waals surface area contributed by atoms with E-state index in [1.54, 1.807) is 18.2 Å². The summed E-state index contributed by atoms with van der Waals surface area (Å²) in [5.74, 6) is -1.66. The Hall–Kier alpha value is -2.88. The largest absolute Gasteiger partial charge is 0.389 e. The molecular formula is C25H28F2N2O5. The second-order valence-corrected chi connectivity index (χ2v) is 8.68. The van der Waals surface area contributed by atoms with E-state index in [9.17, 15) is 23.5 Å². The van der Waals surface area contributed by atoms with Gasteiger partial charge in [0.2, 0.25) is 5.91 Å². The van der Waals surface area contributed by atoms with Gasteiger partial charge in [0.15, 0.2) is 0 Å². The van der Waals surface area contributed by atoms with Gasteiger partial charge in [0.05, 0.1) is 43.4 Å². The molecule has 182 valence electrons. The summed E-state index contributed by atoms with van der Waals surface area (Å²) in [6, 6.07) is 11.2. The van der Waals surface area contributed by atoms with Crippen LogP contribution in [0, 0.1) is 11.6 Å². The van der Waals surface area contributed by atoms with E-state index in [0.29, 0.717) is 12.8 Å². The molecule has 2 heterocycles. The van der Waals surface area contributed by atoms with Crippen LogP contribution in [0.4, 0.5) is 8.78 Å². The quantitative estimate of drug-likeness (QED) is 0.695. The number of amides is 2. The van der Waals surface area contributed by atoms with E-state index in [1.807, 2.05) is 0 Å². The summed E-state index contributed by atoms with van der Waals surface area (Å²) in [4.78, 5) is 27.1. The third-order valence-electron chi connectivity index (χ3n) is 6.16. The molecule has 2 aliphatic heterocycles. The number of aliphatic hydroxyl groups excluding tert-OH is 1. The molecular weight excluding hydrogens is 446 g/mol. The zero-order chi connectivity index (χ0) is 24.1. The molecule has 4 atom stereocenters. The number of carbonyl (C=O) groups is 2. The Balaban J connectivity index is 1.39. The maximum Gasteiger partial charge on any atom is 0.257 e. The maximum absolute atomic E-state index is 14.3. The van der Waals surface area contributed by atoms with Crippen molar-refractivity contribution in [1.29, 1.82) is 0 Å². The molecule has 0 saturated carbocycles. The van der Waals surface area contributed by atoms with Crippen LogP contribution in [-0.4, -0.2) is 65.9 Å². The Morgan fingerprint density at radius 3 is 2.59 bits per heavy atom. The number of halogens is 2. The van der Waals surface area contributed by atoms with Crippen molar-refractivity contribution in [1.82, 2.24) is 10.2 Å². The molecule has 0 aromatic heterocycles. The summed E-state index contributed by atoms with van der Waals surface area (Å²) in [5, 5.41) is 13.1. The Morgan fingerprint density at radius 1 is 1.06 bits per heavy atom. The Kier molecular flexibility index (Phi) is 7.87. The number of fused-ring (bicyclic) bond motifs is 1. The van der Waals surface area contributed by atoms with E-state index in [0.717, 1.165) is 5.56 Å². The average Bonchev–Trinajstić information content (AvgIpc) is 2.81. The summed E-state index contributed by atoms with van der Waals surface area (Å²) in [5.41, 5.74) is 0.728. The van der Waals surface area contributed by atoms with E-state index in [2.05, 4.69) is 5.32 Å². The van der Waals surface area contributed by atoms with Crippen molar-refractivity contribution in [3.63, 3.8) is 0 Å². The van der Waals surface area contributed by atoms with Gasteiger partial charge in [-0.25, -0.2) is 8.78 Å². The third kappa shape index (κ3) is 5.97. The first kappa shape index (κ1) is 24.3. The van der Waals surface area contributed by atoms with Gasteiger partial charge >= 0.3 is 0 Å². The highest BCUT2D eigenvalue weighted by molar-refractivity contribution is 5.94. The van der Waals surface area contributed by atoms with Gasteiger partial charge in [0, 0.05) is 13.1 Å². The van der Waals surface area contributed by atoms with Crippen LogP contribution < -0.4 is 5.32 Å². The smallest absolute Gasteiger partial charge is 0.257 e. The highest BCUT2D eigenvalue weighted by atomic mass is 19.1. The van der Waals surface area contributed by atoms with Crippen LogP contribution in [0.3, 0.4) is 0 Å². The van der Waals surface area contributed by atoms with E-state index >= 15 is 0 Å². The van der Waals surface area contributed by atoms with Crippen molar-refractivity contribution >= 4 is 11.8 Å². The number of β-amino-alcohol motifs (C(OH)–C–C–N with tert-alkyl or cyclic N) is 1. The van der Waals surface area contributed by atoms with Gasteiger partial charge in [0.25, 0.3) is 5.91 Å². The zero-order valence-corrected chi connectivity index (χ0v) is 18.7. The molecule has 2 saturated heterocycles. The fourth-order valence-corrected chi connectivity index (χ4v) is 4.45. The highest BCUT2D eigenvalue weighted by Crippen LogP contribution is 2.29. The van der Waals surface area contributed by atoms with E-state index in [4.69, 9.17) is 9.47 Å². The predicted octanol–water partition coefficient (Wildman–Crippen LogP) is 2.42. The first-order chi connectivity index (χ1) is 16.4. The average molecular weight is 475 g/mol. The monoisotopic (exact) mass is 474 g/mol. The summed E-state index contributed by atoms with van der Waals surface area (Å²) < 4.78 is 39.0. The number of benzene rings is 2. The summed E-state index contributed by atoms with van der Waals surface area (Å²) >= 11 is 0. The second-order valence-electron chi connectivity index (χ2n) is 8.68. The van der Waals surface area contributed by atoms with Crippen LogP contribution in [0.15, 0.2) is 48.5 Å². The molecule has 0 bridgehead atoms. The van der Waals surface area contributed by atoms with Gasteiger partial charge in [0.1, 0.15) is 17.7 Å². The van der Waals surface area contributed by atoms with Gasteiger partial charge < -0.3 is 24.8 Å². The number of nitrogens with zero attached hydrogens (tertiary/aromatic N) is 1. The van der Waals surface area contributed by atoms with Crippen molar-refractivity contribution < 1.29 is 33.0 Å². The number of rotatable bonds is 5. The Morgan fingerprint density at radius 2 is 1.82 bits per heavy atom. The molecule has 7 nitrogen and oxygen atoms in total. The van der Waals surface area contributed by atoms with Gasteiger partial charge in [-0.15, -0.1) is 0 Å². The SMILES string of the molecule is O=C(C[C@@H]1CC[C@H]2[C@@H](COC[C@H](O)CN2C(=O)c2ccccc2F)O1)NCc1ccc(F)cc1. The lowest BCUT2D eigenvalue weighted by molar-refractivity contribution is -0.151. The van der Waals surface area contributed by atoms with Crippen LogP contribution >= 0.6 is 0 Å². The van der Waals surface area contributed by atoms with E-state index in [-0.39, 0.29) is 56.1 Å². The minimum absolute atomic E-state index is 0.000513. The fourth-order valence-electron chi connectivity index (χ4n) is 4.45. The third-order valence-corrected chi connectivity index (χ3v) is 6.16. The summed E-state index contributed by atoms with van der Waals surface area (Å²) in [6.07, 6.45) is -0.598. The highest BCUT2D eigenvalue weighted by Gasteiger charge is 2.40. The van der Waals surface area contributed by atoms with Gasteiger partial charge in [-0.1, -0.05) is 24.3 Å². The maximum atomic E-state index is 14.3. The molecule has 2 amide bonds. The zero-order valence-electron chi connectivity index (χ0n) is 18.7. The molecule has 0 radical (unpaired) electrons. The van der Waals surface area contributed by atoms with Crippen molar-refractivity contribution in [2.24, 2.45) is 0 Å². The van der Waals surface area contributed by atoms with Crippen LogP contribution in [0.25, 0.3) is 0 Å². The molecule has 4 rings (SSSR count). The number of ether oxygens (including phenoxy) is 2. The number of hydrogen-bond donors (Lipinski definition) is 2. The lowest BCUT2D eigenvalue weighted by Crippen LogP contribution is -2.57. The number of nitrogens with one attached hydrogen (secondary N) is 1. The molecule has 9 heteroatoms. The predicted molar refractivity (Wildman–Crippen MR) is 119 cm³/mol. The number of hydrogen-bond acceptors (Lipinski definition) is 5. The number of carbonyl (C=O) groups excluding carboxylic acids is 2. The lowest BCUT2D eigenvalue weighted by atomic mass is 9.94. The molecule has 2 fully saturated rings. The Bertz CT molecular complexity index is 1000. The molecule has 34 heavy (non-hydrogen) atoms. The van der Waals surface area contributed by atoms with Crippen molar-refractivity contribution in [3.8, 4) is 0 Å². The van der Waals surface area contributed by atoms with Crippen LogP contribution in [0.2, 0.25) is 0 Å². The Labute approximate surface area is 196 Å². The van der Waals surface area contributed by atoms with Gasteiger partial charge in [-0.2, -0.15) is 0 Å². The van der Waals surface area contributed by atoms with Crippen molar-refractivity contribution in [2.45, 2.75) is 50.2 Å². The molecule has 0 spiro atoms. The summed E-state index contributed by atoms with van der Waals surface area (Å²) in [7, 11) is 0. The number of aliphatic hydroxyl groups is 1. The molecule has 2 aliphatic rings. The van der Waals surface area contributed by atoms with Gasteiger partial charge in [-0.3, -0.25) is 9.59 Å². The summed E-state index contributed by atoms with van der Waals surface area (Å²) in [6.45, 7) is 0.456. The first-order valence-electron chi connectivity index (χ1n) is 11.4. The molecule has 2 aromatic carbocycles. The van der Waals surface area contributed by atoms with Crippen LogP contribution in [0.5, 0.6) is 0 Å². The topological polar surface area (TPSA) is 88.1 Å². The molecule has 0 unspecified atom stereocenters. The van der Waals surface area contributed by atoms with E-state index in [1.165, 1.54) is 35.2 Å². The minimum atomic E-state index is -0.897. The normalized spacial score (nSPS) is 25.1. The second kappa shape index (κ2) is 11.0. The van der Waals surface area contributed by atoms with Crippen molar-refractivity contribution in [2.75, 3.05) is 19.8 Å². The fraction of sp³-hybridized carbons (Fsp3) is 0.440. The van der Waals surface area contributed by atoms with Crippen LogP contribution in [0.1, 0.15) is 35.2 Å². The van der Waals surface area contributed by atoms with Crippen LogP contribution in [-0.2, 0) is 20.8 Å². The van der Waals surface area contributed by atoms with Gasteiger partial charge in [-0.05, 0) is 42.7 Å². The minimum Gasteiger partial charge on any atom is -0.389 e.